The number of benzene rings is 1. The van der Waals surface area contributed by atoms with Crippen LogP contribution in [0.25, 0.3) is 0 Å². The number of alkyl halides is 3. The van der Waals surface area contributed by atoms with Crippen molar-refractivity contribution in [2.24, 2.45) is 0 Å². The molecule has 7 heteroatoms. The van der Waals surface area contributed by atoms with Crippen LogP contribution in [-0.2, 0) is 6.18 Å². The molecule has 2 rings (SSSR count). The van der Waals surface area contributed by atoms with Crippen molar-refractivity contribution < 1.29 is 17.9 Å². The van der Waals surface area contributed by atoms with Gasteiger partial charge in [-0.25, -0.2) is 9.97 Å². The van der Waals surface area contributed by atoms with E-state index in [-0.39, 0.29) is 11.6 Å². The number of ether oxygens (including phenoxy) is 1. The number of hydrogen-bond acceptors (Lipinski definition) is 3. The van der Waals surface area contributed by atoms with Crippen molar-refractivity contribution in [3.05, 3.63) is 45.9 Å². The minimum atomic E-state index is -4.46. The van der Waals surface area contributed by atoms with Gasteiger partial charge in [-0.3, -0.25) is 0 Å². The maximum Gasteiger partial charge on any atom is 0.419 e. The molecule has 0 aliphatic heterocycles. The molecular weight excluding hydrogens is 360 g/mol. The molecule has 94 valence electrons. The van der Waals surface area contributed by atoms with Crippen LogP contribution in [0.3, 0.4) is 0 Å². The lowest BCUT2D eigenvalue weighted by molar-refractivity contribution is -0.138. The summed E-state index contributed by atoms with van der Waals surface area (Å²) in [5, 5.41) is 0. The summed E-state index contributed by atoms with van der Waals surface area (Å²) >= 11 is 1.89. The lowest BCUT2D eigenvalue weighted by Gasteiger charge is -2.13. The van der Waals surface area contributed by atoms with Crippen molar-refractivity contribution in [2.45, 2.75) is 6.18 Å². The fourth-order valence-electron chi connectivity index (χ4n) is 1.27. The van der Waals surface area contributed by atoms with E-state index in [0.717, 1.165) is 6.07 Å². The zero-order valence-electron chi connectivity index (χ0n) is 8.78. The van der Waals surface area contributed by atoms with E-state index in [9.17, 15) is 13.2 Å². The molecule has 0 aliphatic carbocycles. The predicted octanol–water partition coefficient (Wildman–Crippen LogP) is 3.89. The number of aromatic nitrogens is 2. The molecule has 0 bridgehead atoms. The molecular formula is C11H6F3IN2O. The highest BCUT2D eigenvalue weighted by Gasteiger charge is 2.34. The first-order chi connectivity index (χ1) is 8.48. The highest BCUT2D eigenvalue weighted by molar-refractivity contribution is 14.1. The van der Waals surface area contributed by atoms with Crippen LogP contribution in [0.5, 0.6) is 11.6 Å². The number of halogens is 4. The minimum absolute atomic E-state index is 0.0994. The first-order valence-corrected chi connectivity index (χ1v) is 5.86. The Morgan fingerprint density at radius 2 is 1.89 bits per heavy atom. The Bertz CT molecular complexity index is 560. The van der Waals surface area contributed by atoms with Crippen LogP contribution in [0, 0.1) is 3.57 Å². The highest BCUT2D eigenvalue weighted by Crippen LogP contribution is 2.37. The lowest BCUT2D eigenvalue weighted by Crippen LogP contribution is -2.07. The molecule has 0 unspecified atom stereocenters. The van der Waals surface area contributed by atoms with Gasteiger partial charge in [0.05, 0.1) is 9.13 Å². The molecule has 1 heterocycles. The molecule has 0 saturated heterocycles. The molecule has 0 fully saturated rings. The average molecular weight is 366 g/mol. The Kier molecular flexibility index (Phi) is 3.69. The van der Waals surface area contributed by atoms with Crippen LogP contribution in [0.15, 0.2) is 36.8 Å². The molecule has 1 aromatic heterocycles. The first kappa shape index (κ1) is 13.1. The predicted molar refractivity (Wildman–Crippen MR) is 66.3 cm³/mol. The molecule has 0 saturated carbocycles. The van der Waals surface area contributed by atoms with Gasteiger partial charge in [-0.1, -0.05) is 12.1 Å². The van der Waals surface area contributed by atoms with Crippen molar-refractivity contribution in [3.8, 4) is 11.6 Å². The molecule has 0 atom stereocenters. The van der Waals surface area contributed by atoms with Crippen molar-refractivity contribution in [1.82, 2.24) is 9.97 Å². The van der Waals surface area contributed by atoms with Gasteiger partial charge in [-0.05, 0) is 34.7 Å². The van der Waals surface area contributed by atoms with E-state index in [1.54, 1.807) is 0 Å². The quantitative estimate of drug-likeness (QED) is 0.757. The molecule has 0 aliphatic rings. The van der Waals surface area contributed by atoms with Crippen LogP contribution in [-0.4, -0.2) is 9.97 Å². The molecule has 0 N–H and O–H groups in total. The Hall–Kier alpha value is -1.38. The van der Waals surface area contributed by atoms with E-state index in [4.69, 9.17) is 4.74 Å². The third-order valence-electron chi connectivity index (χ3n) is 2.03. The number of para-hydroxylation sites is 1. The van der Waals surface area contributed by atoms with E-state index >= 15 is 0 Å². The smallest absolute Gasteiger partial charge is 0.419 e. The number of nitrogens with zero attached hydrogens (tertiary/aromatic N) is 2. The fourth-order valence-corrected chi connectivity index (χ4v) is 1.68. The number of rotatable bonds is 2. The Morgan fingerprint density at radius 3 is 2.56 bits per heavy atom. The SMILES string of the molecule is FC(F)(F)c1ccccc1Oc1ncncc1I. The Morgan fingerprint density at radius 1 is 1.17 bits per heavy atom. The largest absolute Gasteiger partial charge is 0.437 e. The molecule has 18 heavy (non-hydrogen) atoms. The van der Waals surface area contributed by atoms with E-state index in [1.807, 2.05) is 22.6 Å². The van der Waals surface area contributed by atoms with E-state index in [1.165, 1.54) is 30.7 Å². The number of hydrogen-bond donors (Lipinski definition) is 0. The van der Waals surface area contributed by atoms with E-state index < -0.39 is 11.7 Å². The average Bonchev–Trinajstić information content (AvgIpc) is 2.31. The van der Waals surface area contributed by atoms with Crippen LogP contribution >= 0.6 is 22.6 Å². The van der Waals surface area contributed by atoms with Gasteiger partial charge in [0.25, 0.3) is 0 Å². The summed E-state index contributed by atoms with van der Waals surface area (Å²) in [6.45, 7) is 0. The second-order valence-electron chi connectivity index (χ2n) is 3.27. The van der Waals surface area contributed by atoms with Crippen LogP contribution in [0.1, 0.15) is 5.56 Å². The Labute approximate surface area is 114 Å². The molecule has 0 radical (unpaired) electrons. The molecule has 1 aromatic carbocycles. The van der Waals surface area contributed by atoms with Crippen molar-refractivity contribution in [3.63, 3.8) is 0 Å². The van der Waals surface area contributed by atoms with E-state index in [2.05, 4.69) is 9.97 Å². The minimum Gasteiger partial charge on any atom is -0.437 e. The normalized spacial score (nSPS) is 11.3. The van der Waals surface area contributed by atoms with Gasteiger partial charge in [0.1, 0.15) is 12.1 Å². The second kappa shape index (κ2) is 5.09. The van der Waals surface area contributed by atoms with Crippen LogP contribution in [0.4, 0.5) is 13.2 Å². The third kappa shape index (κ3) is 2.89. The zero-order chi connectivity index (χ0) is 13.2. The molecule has 2 aromatic rings. The summed E-state index contributed by atoms with van der Waals surface area (Å²) in [5.41, 5.74) is -0.834. The van der Waals surface area contributed by atoms with Gasteiger partial charge in [-0.15, -0.1) is 0 Å². The Balaban J connectivity index is 2.39. The molecule has 0 spiro atoms. The monoisotopic (exact) mass is 366 g/mol. The standard InChI is InChI=1S/C11H6F3IN2O/c12-11(13,14)7-3-1-2-4-9(7)18-10-8(15)5-16-6-17-10/h1-6H. The summed E-state index contributed by atoms with van der Waals surface area (Å²) < 4.78 is 43.9. The van der Waals surface area contributed by atoms with Gasteiger partial charge in [-0.2, -0.15) is 13.2 Å². The van der Waals surface area contributed by atoms with Gasteiger partial charge >= 0.3 is 6.18 Å². The maximum absolute atomic E-state index is 12.7. The van der Waals surface area contributed by atoms with Crippen molar-refractivity contribution >= 4 is 22.6 Å². The van der Waals surface area contributed by atoms with Crippen molar-refractivity contribution in [1.29, 1.82) is 0 Å². The van der Waals surface area contributed by atoms with Crippen LogP contribution in [0.2, 0.25) is 0 Å². The summed E-state index contributed by atoms with van der Waals surface area (Å²) in [6, 6.07) is 4.99. The van der Waals surface area contributed by atoms with Crippen molar-refractivity contribution in [2.75, 3.05) is 0 Å². The fraction of sp³-hybridized carbons (Fsp3) is 0.0909. The molecule has 0 amide bonds. The first-order valence-electron chi connectivity index (χ1n) is 4.78. The summed E-state index contributed by atoms with van der Waals surface area (Å²) in [7, 11) is 0. The second-order valence-corrected chi connectivity index (χ2v) is 4.43. The topological polar surface area (TPSA) is 35.0 Å². The van der Waals surface area contributed by atoms with E-state index in [0.29, 0.717) is 3.57 Å². The lowest BCUT2D eigenvalue weighted by atomic mass is 10.2. The molecule has 3 nitrogen and oxygen atoms in total. The maximum atomic E-state index is 12.7. The van der Waals surface area contributed by atoms with Gasteiger partial charge in [0.15, 0.2) is 0 Å². The summed E-state index contributed by atoms with van der Waals surface area (Å²) in [4.78, 5) is 7.53. The highest BCUT2D eigenvalue weighted by atomic mass is 127. The summed E-state index contributed by atoms with van der Waals surface area (Å²) in [6.07, 6.45) is -1.79. The zero-order valence-corrected chi connectivity index (χ0v) is 10.9. The van der Waals surface area contributed by atoms with Gasteiger partial charge < -0.3 is 4.74 Å². The summed E-state index contributed by atoms with van der Waals surface area (Å²) in [5.74, 6) is -0.177. The third-order valence-corrected chi connectivity index (χ3v) is 2.77. The van der Waals surface area contributed by atoms with Gasteiger partial charge in [0.2, 0.25) is 5.88 Å². The van der Waals surface area contributed by atoms with Crippen LogP contribution < -0.4 is 4.74 Å². The van der Waals surface area contributed by atoms with Gasteiger partial charge in [0, 0.05) is 6.20 Å².